The van der Waals surface area contributed by atoms with Gasteiger partial charge in [0.2, 0.25) is 0 Å². The topological polar surface area (TPSA) is 67.2 Å². The molecule has 1 aromatic carbocycles. The van der Waals surface area contributed by atoms with E-state index in [2.05, 4.69) is 29.9 Å². The maximum Gasteiger partial charge on any atom is 0.180 e. The number of hydrogen-bond acceptors (Lipinski definition) is 4. The number of nitrogens with one attached hydrogen (secondary N) is 2. The third-order valence-corrected chi connectivity index (χ3v) is 7.28. The Morgan fingerprint density at radius 3 is 2.69 bits per heavy atom. The molecule has 0 bridgehead atoms. The molecule has 4 nitrogen and oxygen atoms in total. The van der Waals surface area contributed by atoms with Gasteiger partial charge in [-0.25, -0.2) is 4.39 Å². The summed E-state index contributed by atoms with van der Waals surface area (Å²) >= 11 is 0. The summed E-state index contributed by atoms with van der Waals surface area (Å²) < 4.78 is 15.0. The van der Waals surface area contributed by atoms with Crippen LogP contribution < -0.4 is 16.4 Å². The lowest BCUT2D eigenvalue weighted by molar-refractivity contribution is -0.111. The van der Waals surface area contributed by atoms with Gasteiger partial charge in [0.1, 0.15) is 0 Å². The first-order valence-corrected chi connectivity index (χ1v) is 11.8. The molecule has 4 rings (SSSR count). The molecule has 3 aliphatic rings. The summed E-state index contributed by atoms with van der Waals surface area (Å²) in [6.45, 7) is 8.54. The molecule has 5 heteroatoms. The maximum absolute atomic E-state index is 15.0. The Kier molecular flexibility index (Phi) is 6.95. The number of benzene rings is 1. The fraction of sp³-hybridized carbons (Fsp3) is 0.444. The number of nitrogen functional groups attached to an aromatic ring is 1. The van der Waals surface area contributed by atoms with Gasteiger partial charge in [-0.15, -0.1) is 6.58 Å². The zero-order chi connectivity index (χ0) is 22.7. The van der Waals surface area contributed by atoms with Gasteiger partial charge in [-0.3, -0.25) is 4.79 Å². The predicted octanol–water partition coefficient (Wildman–Crippen LogP) is 5.76. The lowest BCUT2D eigenvalue weighted by atomic mass is 9.79. The minimum absolute atomic E-state index is 0.0107. The molecule has 32 heavy (non-hydrogen) atoms. The third-order valence-electron chi connectivity index (χ3n) is 7.28. The molecule has 2 aliphatic carbocycles. The van der Waals surface area contributed by atoms with E-state index in [9.17, 15) is 4.79 Å². The number of allylic oxidation sites excluding steroid dienone is 3. The van der Waals surface area contributed by atoms with Crippen LogP contribution in [0.5, 0.6) is 0 Å². The summed E-state index contributed by atoms with van der Waals surface area (Å²) in [5.41, 5.74) is 11.0. The largest absolute Gasteiger partial charge is 0.395 e. The molecule has 4 N–H and O–H groups in total. The first-order chi connectivity index (χ1) is 15.5. The van der Waals surface area contributed by atoms with Crippen molar-refractivity contribution >= 4 is 17.2 Å². The summed E-state index contributed by atoms with van der Waals surface area (Å²) in [5, 5.41) is 7.10. The van der Waals surface area contributed by atoms with Crippen molar-refractivity contribution in [2.24, 2.45) is 5.92 Å². The maximum atomic E-state index is 15.0. The van der Waals surface area contributed by atoms with Crippen molar-refractivity contribution < 1.29 is 9.18 Å². The number of fused-ring (bicyclic) bond motifs is 1. The molecule has 0 saturated heterocycles. The standard InChI is InChI=1S/C27H34FN3O/c1-3-17-7-5-10-19(24(32)4-2)11-13-21-25(17)22(15-16-30-21)31-23-14-12-20(18-8-6-9-18)26(28)27(23)29/h3-4,11-12,14,17-18,21,30-31H,1-2,5-10,13,15-16,29H2/b19-11-. The minimum atomic E-state index is -0.277. The van der Waals surface area contributed by atoms with E-state index < -0.39 is 0 Å². The van der Waals surface area contributed by atoms with Crippen LogP contribution in [-0.4, -0.2) is 18.4 Å². The molecule has 0 aromatic heterocycles. The van der Waals surface area contributed by atoms with Crippen molar-refractivity contribution in [1.29, 1.82) is 0 Å². The summed E-state index contributed by atoms with van der Waals surface area (Å²) in [5.74, 6) is 0.218. The van der Waals surface area contributed by atoms with E-state index in [1.54, 1.807) is 0 Å². The fourth-order valence-electron chi connectivity index (χ4n) is 5.21. The third kappa shape index (κ3) is 4.44. The average Bonchev–Trinajstić information content (AvgIpc) is 2.86. The van der Waals surface area contributed by atoms with E-state index >= 15 is 4.39 Å². The van der Waals surface area contributed by atoms with Gasteiger partial charge in [-0.1, -0.05) is 31.2 Å². The van der Waals surface area contributed by atoms with E-state index in [-0.39, 0.29) is 29.2 Å². The second-order valence-electron chi connectivity index (χ2n) is 9.14. The number of ketones is 1. The Morgan fingerprint density at radius 1 is 1.19 bits per heavy atom. The zero-order valence-electron chi connectivity index (χ0n) is 18.8. The van der Waals surface area contributed by atoms with Gasteiger partial charge >= 0.3 is 0 Å². The molecular weight excluding hydrogens is 401 g/mol. The van der Waals surface area contributed by atoms with Gasteiger partial charge in [-0.05, 0) is 79.7 Å². The smallest absolute Gasteiger partial charge is 0.180 e. The van der Waals surface area contributed by atoms with Crippen LogP contribution in [0.15, 0.2) is 60.4 Å². The van der Waals surface area contributed by atoms with Crippen LogP contribution in [0, 0.1) is 11.7 Å². The molecule has 2 atom stereocenters. The first kappa shape index (κ1) is 22.5. The highest BCUT2D eigenvalue weighted by Gasteiger charge is 2.30. The number of anilines is 2. The van der Waals surface area contributed by atoms with Crippen molar-refractivity contribution in [3.63, 3.8) is 0 Å². The Labute approximate surface area is 190 Å². The summed E-state index contributed by atoms with van der Waals surface area (Å²) in [6, 6.07) is 3.92. The van der Waals surface area contributed by atoms with E-state index in [0.29, 0.717) is 11.6 Å². The first-order valence-electron chi connectivity index (χ1n) is 11.8. The lowest BCUT2D eigenvalue weighted by Crippen LogP contribution is -2.40. The van der Waals surface area contributed by atoms with Crippen molar-refractivity contribution in [2.45, 2.75) is 63.3 Å². The molecule has 0 spiro atoms. The Hall–Kier alpha value is -2.66. The second-order valence-corrected chi connectivity index (χ2v) is 9.14. The van der Waals surface area contributed by atoms with Crippen molar-refractivity contribution in [1.82, 2.24) is 5.32 Å². The molecule has 1 aliphatic heterocycles. The van der Waals surface area contributed by atoms with E-state index in [1.165, 1.54) is 11.6 Å². The van der Waals surface area contributed by atoms with Crippen LogP contribution in [0.25, 0.3) is 0 Å². The monoisotopic (exact) mass is 435 g/mol. The van der Waals surface area contributed by atoms with E-state index in [4.69, 9.17) is 5.73 Å². The second kappa shape index (κ2) is 9.86. The van der Waals surface area contributed by atoms with Gasteiger partial charge in [0.05, 0.1) is 11.4 Å². The van der Waals surface area contributed by atoms with Crippen LogP contribution in [0.2, 0.25) is 0 Å². The number of nitrogens with two attached hydrogens (primary N) is 1. The fourth-order valence-corrected chi connectivity index (χ4v) is 5.21. The highest BCUT2D eigenvalue weighted by atomic mass is 19.1. The highest BCUT2D eigenvalue weighted by Crippen LogP contribution is 2.41. The number of rotatable bonds is 6. The summed E-state index contributed by atoms with van der Waals surface area (Å²) in [7, 11) is 0. The molecule has 0 radical (unpaired) electrons. The molecule has 170 valence electrons. The van der Waals surface area contributed by atoms with E-state index in [1.807, 2.05) is 18.2 Å². The lowest BCUT2D eigenvalue weighted by Gasteiger charge is -2.34. The van der Waals surface area contributed by atoms with Crippen molar-refractivity contribution in [2.75, 3.05) is 17.6 Å². The number of halogens is 1. The SMILES string of the molecule is C=CC(=O)/C1=C\CC2NCCC(Nc3ccc(C4CCC4)c(F)c3N)=C2C(C=C)CCC1. The molecule has 1 heterocycles. The van der Waals surface area contributed by atoms with Crippen molar-refractivity contribution in [3.8, 4) is 0 Å². The average molecular weight is 436 g/mol. The number of carbonyl (C=O) groups is 1. The predicted molar refractivity (Wildman–Crippen MR) is 130 cm³/mol. The zero-order valence-corrected chi connectivity index (χ0v) is 18.8. The number of carbonyl (C=O) groups excluding carboxylic acids is 1. The van der Waals surface area contributed by atoms with Gasteiger partial charge in [0.25, 0.3) is 0 Å². The molecule has 1 aromatic rings. The van der Waals surface area contributed by atoms with Gasteiger partial charge < -0.3 is 16.4 Å². The van der Waals surface area contributed by atoms with Crippen LogP contribution >= 0.6 is 0 Å². The highest BCUT2D eigenvalue weighted by molar-refractivity contribution is 6.03. The molecule has 1 fully saturated rings. The molecule has 2 unspecified atom stereocenters. The molecule has 1 saturated carbocycles. The van der Waals surface area contributed by atoms with Crippen LogP contribution in [0.3, 0.4) is 0 Å². The molecule has 0 amide bonds. The summed E-state index contributed by atoms with van der Waals surface area (Å²) in [6.07, 6.45) is 12.8. The van der Waals surface area contributed by atoms with Crippen LogP contribution in [0.4, 0.5) is 15.8 Å². The Morgan fingerprint density at radius 2 is 2.00 bits per heavy atom. The summed E-state index contributed by atoms with van der Waals surface area (Å²) in [4.78, 5) is 12.2. The van der Waals surface area contributed by atoms with Crippen LogP contribution in [-0.2, 0) is 4.79 Å². The number of hydrogen-bond donors (Lipinski definition) is 3. The van der Waals surface area contributed by atoms with E-state index in [0.717, 1.165) is 74.7 Å². The molecular formula is C27H34FN3O. The normalized spacial score (nSPS) is 25.8. The van der Waals surface area contributed by atoms with Gasteiger partial charge in [0, 0.05) is 24.2 Å². The van der Waals surface area contributed by atoms with Crippen LogP contribution in [0.1, 0.15) is 62.8 Å². The Bertz CT molecular complexity index is 973. The quantitative estimate of drug-likeness (QED) is 0.302. The Balaban J connectivity index is 1.67. The van der Waals surface area contributed by atoms with Crippen molar-refractivity contribution in [3.05, 3.63) is 71.7 Å². The van der Waals surface area contributed by atoms with Gasteiger partial charge in [-0.2, -0.15) is 0 Å². The minimum Gasteiger partial charge on any atom is -0.395 e. The van der Waals surface area contributed by atoms with Gasteiger partial charge in [0.15, 0.2) is 11.6 Å².